The fourth-order valence-corrected chi connectivity index (χ4v) is 8.07. The number of thiophene rings is 5. The highest BCUT2D eigenvalue weighted by Crippen LogP contribution is 2.43. The molecule has 0 atom stereocenters. The first kappa shape index (κ1) is 28.7. The van der Waals surface area contributed by atoms with Gasteiger partial charge in [0.15, 0.2) is 0 Å². The number of carbonyl (C=O) groups is 1. The second-order valence-electron chi connectivity index (χ2n) is 7.60. The van der Waals surface area contributed by atoms with Crippen LogP contribution in [0.3, 0.4) is 0 Å². The number of esters is 1. The molecule has 5 aromatic heterocycles. The first-order valence-electron chi connectivity index (χ1n) is 11.8. The average molecular weight is 611 g/mol. The van der Waals surface area contributed by atoms with Crippen molar-refractivity contribution in [2.24, 2.45) is 9.98 Å². The molecule has 0 unspecified atom stereocenters. The van der Waals surface area contributed by atoms with Crippen LogP contribution in [0.2, 0.25) is 0 Å². The molecule has 0 amide bonds. The molecule has 11 heteroatoms. The lowest BCUT2D eigenvalue weighted by atomic mass is 10.1. The summed E-state index contributed by atoms with van der Waals surface area (Å²) in [7, 11) is 0. The highest BCUT2D eigenvalue weighted by atomic mass is 32.1. The van der Waals surface area contributed by atoms with Crippen molar-refractivity contribution in [3.05, 3.63) is 80.2 Å². The summed E-state index contributed by atoms with van der Waals surface area (Å²) in [6, 6.07) is 16.7. The minimum absolute atomic E-state index is 0.250. The second-order valence-corrected chi connectivity index (χ2v) is 12.7. The molecule has 0 aliphatic heterocycles. The van der Waals surface area contributed by atoms with Crippen molar-refractivity contribution < 1.29 is 19.1 Å². The molecule has 0 bridgehead atoms. The van der Waals surface area contributed by atoms with E-state index < -0.39 is 0 Å². The molecule has 5 rings (SSSR count). The minimum Gasteiger partial charge on any atom is -0.462 e. The molecule has 0 fully saturated rings. The van der Waals surface area contributed by atoms with E-state index in [-0.39, 0.29) is 12.1 Å². The van der Waals surface area contributed by atoms with E-state index in [1.165, 1.54) is 30.8 Å². The molecule has 0 radical (unpaired) electrons. The van der Waals surface area contributed by atoms with Crippen molar-refractivity contribution in [1.29, 1.82) is 0 Å². The van der Waals surface area contributed by atoms with Crippen LogP contribution in [0.4, 0.5) is 10.0 Å². The van der Waals surface area contributed by atoms with Gasteiger partial charge in [-0.1, -0.05) is 30.4 Å². The van der Waals surface area contributed by atoms with Crippen molar-refractivity contribution in [3.8, 4) is 19.5 Å². The number of carbonyl (C=O) groups excluding carboxylic acids is 3. The van der Waals surface area contributed by atoms with Crippen molar-refractivity contribution in [2.75, 3.05) is 6.61 Å². The predicted octanol–water partition coefficient (Wildman–Crippen LogP) is 8.98. The summed E-state index contributed by atoms with van der Waals surface area (Å²) in [6.07, 6.45) is 4.62. The minimum atomic E-state index is -0.347. The third-order valence-electron chi connectivity index (χ3n) is 5.20. The van der Waals surface area contributed by atoms with E-state index in [2.05, 4.69) is 59.3 Å². The smallest absolute Gasteiger partial charge is 0.373 e. The molecule has 198 valence electrons. The van der Waals surface area contributed by atoms with Crippen molar-refractivity contribution in [2.45, 2.75) is 20.3 Å². The van der Waals surface area contributed by atoms with Gasteiger partial charge < -0.3 is 4.74 Å². The first-order valence-corrected chi connectivity index (χ1v) is 16.0. The van der Waals surface area contributed by atoms with Crippen LogP contribution in [0.1, 0.15) is 39.5 Å². The Morgan fingerprint density at radius 2 is 1.33 bits per heavy atom. The molecule has 0 saturated heterocycles. The number of ether oxygens (including phenoxy) is 1. The fourth-order valence-electron chi connectivity index (χ4n) is 3.57. The largest absolute Gasteiger partial charge is 0.462 e. The summed E-state index contributed by atoms with van der Waals surface area (Å²) < 4.78 is 5.39. The van der Waals surface area contributed by atoms with Crippen LogP contribution >= 0.6 is 56.7 Å². The summed E-state index contributed by atoms with van der Waals surface area (Å²) in [5.41, 5.74) is 1.40. The van der Waals surface area contributed by atoms with Crippen molar-refractivity contribution >= 4 is 91.2 Å². The second kappa shape index (κ2) is 14.2. The maximum Gasteiger partial charge on any atom is 0.373 e. The molecule has 0 N–H and O–H groups in total. The molecule has 0 aromatic carbocycles. The number of nitrogens with zero attached hydrogens (tertiary/aromatic N) is 2. The molecule has 5 aromatic rings. The topological polar surface area (TPSA) is 85.2 Å². The van der Waals surface area contributed by atoms with Gasteiger partial charge in [0.1, 0.15) is 15.6 Å². The summed E-state index contributed by atoms with van der Waals surface area (Å²) in [6.45, 7) is 4.16. The van der Waals surface area contributed by atoms with E-state index in [0.29, 0.717) is 23.6 Å². The molecule has 0 aliphatic rings. The molecular weight excluding hydrogens is 589 g/mol. The molecular formula is C28H22N2O4S5. The summed E-state index contributed by atoms with van der Waals surface area (Å²) in [5.74, 6) is -0.347. The van der Waals surface area contributed by atoms with Gasteiger partial charge in [-0.05, 0) is 60.5 Å². The van der Waals surface area contributed by atoms with Crippen LogP contribution in [-0.2, 0) is 20.7 Å². The first-order chi connectivity index (χ1) is 19.1. The third kappa shape index (κ3) is 7.21. The highest BCUT2D eigenvalue weighted by Gasteiger charge is 2.23. The molecule has 5 heterocycles. The van der Waals surface area contributed by atoms with Crippen molar-refractivity contribution in [3.63, 3.8) is 0 Å². The van der Waals surface area contributed by atoms with E-state index in [0.717, 1.165) is 20.3 Å². The van der Waals surface area contributed by atoms with Gasteiger partial charge in [-0.25, -0.2) is 14.8 Å². The molecule has 0 aliphatic carbocycles. The maximum atomic E-state index is 12.9. The van der Waals surface area contributed by atoms with E-state index in [1.54, 1.807) is 45.3 Å². The van der Waals surface area contributed by atoms with E-state index in [9.17, 15) is 4.79 Å². The van der Waals surface area contributed by atoms with Crippen LogP contribution < -0.4 is 0 Å². The number of rotatable bonds is 9. The van der Waals surface area contributed by atoms with Crippen LogP contribution in [0.25, 0.3) is 19.5 Å². The zero-order valence-electron chi connectivity index (χ0n) is 20.9. The van der Waals surface area contributed by atoms with Gasteiger partial charge in [-0.3, -0.25) is 0 Å². The Kier molecular flexibility index (Phi) is 10.4. The number of hydrogen-bond donors (Lipinski definition) is 0. The summed E-state index contributed by atoms with van der Waals surface area (Å²) in [5, 5.41) is 5.59. The number of hydrogen-bond acceptors (Lipinski definition) is 11. The lowest BCUT2D eigenvalue weighted by Crippen LogP contribution is -2.06. The van der Waals surface area contributed by atoms with Crippen LogP contribution in [0.5, 0.6) is 0 Å². The summed E-state index contributed by atoms with van der Waals surface area (Å²) in [4.78, 5) is 45.7. The lowest BCUT2D eigenvalue weighted by Gasteiger charge is -2.03. The van der Waals surface area contributed by atoms with Gasteiger partial charge in [-0.15, -0.1) is 45.3 Å². The maximum absolute atomic E-state index is 12.9. The quantitative estimate of drug-likeness (QED) is 0.123. The Balaban J connectivity index is 0.00000112. The number of aliphatic imine (C=N–C) groups is 2. The Morgan fingerprint density at radius 3 is 1.79 bits per heavy atom. The lowest BCUT2D eigenvalue weighted by molar-refractivity contribution is -0.191. The van der Waals surface area contributed by atoms with Crippen LogP contribution in [0.15, 0.2) is 69.3 Å². The zero-order valence-corrected chi connectivity index (χ0v) is 25.0. The third-order valence-corrected chi connectivity index (χ3v) is 10.4. The standard InChI is InChI=1S/C27H22N2O2S5.CO2/c1-3-19-24(27(30)31-4-2)26(29-16-18-10-12-23(35-18)21-8-6-14-33-21)36-25(19)28-15-17-9-11-22(34-17)20-7-5-13-32-20;2-1-3/h5-16H,3-4H2,1-2H3;. The van der Waals surface area contributed by atoms with Crippen LogP contribution in [-0.4, -0.2) is 31.2 Å². The predicted molar refractivity (Wildman–Crippen MR) is 164 cm³/mol. The molecule has 6 nitrogen and oxygen atoms in total. The van der Waals surface area contributed by atoms with E-state index >= 15 is 0 Å². The van der Waals surface area contributed by atoms with E-state index in [4.69, 9.17) is 24.3 Å². The molecule has 0 saturated carbocycles. The molecule has 39 heavy (non-hydrogen) atoms. The van der Waals surface area contributed by atoms with Gasteiger partial charge in [0.25, 0.3) is 0 Å². The highest BCUT2D eigenvalue weighted by molar-refractivity contribution is 7.23. The SMILES string of the molecule is CCOC(=O)c1c(N=Cc2ccc(-c3cccs3)s2)sc(N=Cc2ccc(-c3cccs3)s2)c1CC.O=C=O. The summed E-state index contributed by atoms with van der Waals surface area (Å²) >= 11 is 8.27. The Morgan fingerprint density at radius 1 is 0.795 bits per heavy atom. The van der Waals surface area contributed by atoms with Gasteiger partial charge >= 0.3 is 12.1 Å². The monoisotopic (exact) mass is 610 g/mol. The Hall–Kier alpha value is -3.31. The van der Waals surface area contributed by atoms with Gasteiger partial charge in [0, 0.05) is 47.3 Å². The Labute approximate surface area is 245 Å². The zero-order chi connectivity index (χ0) is 27.6. The average Bonchev–Trinajstić information content (AvgIpc) is 3.76. The molecule has 0 spiro atoms. The van der Waals surface area contributed by atoms with Crippen molar-refractivity contribution in [1.82, 2.24) is 0 Å². The Bertz CT molecular complexity index is 1600. The fraction of sp³-hybridized carbons (Fsp3) is 0.143. The normalized spacial score (nSPS) is 11.0. The van der Waals surface area contributed by atoms with Crippen LogP contribution in [0, 0.1) is 0 Å². The van der Waals surface area contributed by atoms with Gasteiger partial charge in [0.2, 0.25) is 0 Å². The van der Waals surface area contributed by atoms with E-state index in [1.807, 2.05) is 26.3 Å². The van der Waals surface area contributed by atoms with Gasteiger partial charge in [0.05, 0.1) is 6.61 Å². The van der Waals surface area contributed by atoms with Gasteiger partial charge in [-0.2, -0.15) is 9.59 Å².